The van der Waals surface area contributed by atoms with Crippen molar-refractivity contribution in [3.63, 3.8) is 0 Å². The summed E-state index contributed by atoms with van der Waals surface area (Å²) in [6, 6.07) is 0.670. The molecule has 0 aromatic heterocycles. The Bertz CT molecular complexity index is 196. The van der Waals surface area contributed by atoms with Gasteiger partial charge in [0.15, 0.2) is 0 Å². The lowest BCUT2D eigenvalue weighted by molar-refractivity contribution is 0.360. The van der Waals surface area contributed by atoms with Crippen LogP contribution in [-0.4, -0.2) is 30.5 Å². The lowest BCUT2D eigenvalue weighted by Crippen LogP contribution is -2.46. The first kappa shape index (κ1) is 11.3. The van der Waals surface area contributed by atoms with Crippen LogP contribution < -0.4 is 11.3 Å². The number of hydrogen-bond donors (Lipinski definition) is 2. The summed E-state index contributed by atoms with van der Waals surface area (Å²) in [7, 11) is 1.78. The topological polar surface area (TPSA) is 53.6 Å². The average molecular weight is 198 g/mol. The number of hydrazine groups is 1. The van der Waals surface area contributed by atoms with Gasteiger partial charge in [-0.05, 0) is 25.2 Å². The maximum Gasteiger partial charge on any atom is 0.208 e. The lowest BCUT2D eigenvalue weighted by Gasteiger charge is -2.25. The fourth-order valence-corrected chi connectivity index (χ4v) is 1.52. The Morgan fingerprint density at radius 3 is 2.57 bits per heavy atom. The normalized spacial score (nSPS) is 17.4. The van der Waals surface area contributed by atoms with E-state index in [1.54, 1.807) is 7.05 Å². The summed E-state index contributed by atoms with van der Waals surface area (Å²) in [5.74, 6) is 6.99. The molecule has 0 saturated heterocycles. The van der Waals surface area contributed by atoms with E-state index >= 15 is 0 Å². The smallest absolute Gasteiger partial charge is 0.208 e. The summed E-state index contributed by atoms with van der Waals surface area (Å²) in [6.45, 7) is 5.53. The molecule has 0 aliphatic heterocycles. The first-order chi connectivity index (χ1) is 6.69. The van der Waals surface area contributed by atoms with Gasteiger partial charge in [-0.25, -0.2) is 5.84 Å². The minimum absolute atomic E-state index is 0.670. The number of nitrogens with two attached hydrogens (primary N) is 1. The Morgan fingerprint density at radius 1 is 1.57 bits per heavy atom. The molecule has 4 nitrogen and oxygen atoms in total. The van der Waals surface area contributed by atoms with Gasteiger partial charge >= 0.3 is 0 Å². The molecule has 1 rings (SSSR count). The highest BCUT2D eigenvalue weighted by Gasteiger charge is 2.30. The van der Waals surface area contributed by atoms with E-state index < -0.39 is 0 Å². The van der Waals surface area contributed by atoms with Crippen LogP contribution in [0.3, 0.4) is 0 Å². The van der Waals surface area contributed by atoms with Crippen LogP contribution in [0, 0.1) is 5.92 Å². The molecular formula is C10H22N4. The first-order valence-corrected chi connectivity index (χ1v) is 5.39. The zero-order valence-corrected chi connectivity index (χ0v) is 9.45. The molecule has 0 radical (unpaired) electrons. The second kappa shape index (κ2) is 5.20. The van der Waals surface area contributed by atoms with Crippen LogP contribution in [0.25, 0.3) is 0 Å². The summed E-state index contributed by atoms with van der Waals surface area (Å²) >= 11 is 0. The van der Waals surface area contributed by atoms with Crippen molar-refractivity contribution in [2.24, 2.45) is 16.8 Å². The fourth-order valence-electron chi connectivity index (χ4n) is 1.52. The molecule has 4 heteroatoms. The molecule has 0 spiro atoms. The summed E-state index contributed by atoms with van der Waals surface area (Å²) in [4.78, 5) is 6.44. The van der Waals surface area contributed by atoms with Gasteiger partial charge in [0.1, 0.15) is 0 Å². The van der Waals surface area contributed by atoms with Crippen molar-refractivity contribution in [1.82, 2.24) is 10.3 Å². The zero-order chi connectivity index (χ0) is 10.6. The molecule has 0 bridgehead atoms. The van der Waals surface area contributed by atoms with Crippen molar-refractivity contribution >= 4 is 5.96 Å². The molecule has 82 valence electrons. The molecule has 0 aromatic carbocycles. The standard InChI is InChI=1S/C10H22N4/c1-8(2)6-7-14(9-4-5-9)10(12-3)13-11/h8-9H,4-7,11H2,1-3H3,(H,12,13). The monoisotopic (exact) mass is 198 g/mol. The number of hydrogen-bond acceptors (Lipinski definition) is 2. The third-order valence-electron chi connectivity index (χ3n) is 2.55. The number of nitrogens with zero attached hydrogens (tertiary/aromatic N) is 2. The van der Waals surface area contributed by atoms with E-state index in [-0.39, 0.29) is 0 Å². The zero-order valence-electron chi connectivity index (χ0n) is 9.45. The van der Waals surface area contributed by atoms with Crippen molar-refractivity contribution in [1.29, 1.82) is 0 Å². The van der Waals surface area contributed by atoms with Crippen molar-refractivity contribution in [3.8, 4) is 0 Å². The summed E-state index contributed by atoms with van der Waals surface area (Å²) in [6.07, 6.45) is 3.74. The molecule has 1 aliphatic rings. The van der Waals surface area contributed by atoms with Gasteiger partial charge in [-0.15, -0.1) is 0 Å². The van der Waals surface area contributed by atoms with E-state index in [0.29, 0.717) is 6.04 Å². The molecule has 0 heterocycles. The van der Waals surface area contributed by atoms with Crippen LogP contribution in [0.5, 0.6) is 0 Å². The Kier molecular flexibility index (Phi) is 4.20. The van der Waals surface area contributed by atoms with Crippen molar-refractivity contribution in [2.45, 2.75) is 39.2 Å². The van der Waals surface area contributed by atoms with E-state index in [1.165, 1.54) is 19.3 Å². The van der Waals surface area contributed by atoms with Gasteiger partial charge in [0.25, 0.3) is 0 Å². The molecule has 1 aliphatic carbocycles. The van der Waals surface area contributed by atoms with E-state index in [9.17, 15) is 0 Å². The molecule has 0 aromatic rings. The second-order valence-corrected chi connectivity index (χ2v) is 4.30. The summed E-state index contributed by atoms with van der Waals surface area (Å²) in [5, 5.41) is 0. The average Bonchev–Trinajstić information content (AvgIpc) is 2.95. The third-order valence-corrected chi connectivity index (χ3v) is 2.55. The maximum absolute atomic E-state index is 5.43. The van der Waals surface area contributed by atoms with Crippen molar-refractivity contribution < 1.29 is 0 Å². The van der Waals surface area contributed by atoms with Gasteiger partial charge in [-0.3, -0.25) is 10.4 Å². The molecule has 0 amide bonds. The predicted molar refractivity (Wildman–Crippen MR) is 59.9 cm³/mol. The Hall–Kier alpha value is -0.770. The van der Waals surface area contributed by atoms with Gasteiger partial charge in [-0.2, -0.15) is 0 Å². The second-order valence-electron chi connectivity index (χ2n) is 4.30. The van der Waals surface area contributed by atoms with Gasteiger partial charge in [0.2, 0.25) is 5.96 Å². The van der Waals surface area contributed by atoms with Gasteiger partial charge < -0.3 is 4.90 Å². The van der Waals surface area contributed by atoms with Crippen LogP contribution >= 0.6 is 0 Å². The van der Waals surface area contributed by atoms with Crippen LogP contribution in [0.2, 0.25) is 0 Å². The highest BCUT2D eigenvalue weighted by atomic mass is 15.4. The molecule has 3 N–H and O–H groups in total. The highest BCUT2D eigenvalue weighted by Crippen LogP contribution is 2.27. The predicted octanol–water partition coefficient (Wildman–Crippen LogP) is 0.946. The molecule has 1 fully saturated rings. The Labute approximate surface area is 86.5 Å². The summed E-state index contributed by atoms with van der Waals surface area (Å²) < 4.78 is 0. The fraction of sp³-hybridized carbons (Fsp3) is 0.900. The number of rotatable bonds is 4. The van der Waals surface area contributed by atoms with E-state index in [2.05, 4.69) is 29.2 Å². The number of nitrogens with one attached hydrogen (secondary N) is 1. The number of guanidine groups is 1. The molecule has 0 atom stereocenters. The van der Waals surface area contributed by atoms with Crippen LogP contribution in [0.4, 0.5) is 0 Å². The maximum atomic E-state index is 5.43. The highest BCUT2D eigenvalue weighted by molar-refractivity contribution is 5.79. The minimum atomic E-state index is 0.670. The van der Waals surface area contributed by atoms with Crippen LogP contribution in [-0.2, 0) is 0 Å². The van der Waals surface area contributed by atoms with Gasteiger partial charge in [0.05, 0.1) is 0 Å². The van der Waals surface area contributed by atoms with Crippen LogP contribution in [0.1, 0.15) is 33.1 Å². The van der Waals surface area contributed by atoms with Crippen molar-refractivity contribution in [3.05, 3.63) is 0 Å². The van der Waals surface area contributed by atoms with E-state index in [1.807, 2.05) is 0 Å². The summed E-state index contributed by atoms with van der Waals surface area (Å²) in [5.41, 5.74) is 2.67. The lowest BCUT2D eigenvalue weighted by atomic mass is 10.1. The van der Waals surface area contributed by atoms with Gasteiger partial charge in [0, 0.05) is 19.6 Å². The minimum Gasteiger partial charge on any atom is -0.339 e. The van der Waals surface area contributed by atoms with Crippen LogP contribution in [0.15, 0.2) is 4.99 Å². The number of aliphatic imine (C=N–C) groups is 1. The largest absolute Gasteiger partial charge is 0.339 e. The van der Waals surface area contributed by atoms with Crippen molar-refractivity contribution in [2.75, 3.05) is 13.6 Å². The molecule has 0 unspecified atom stereocenters. The molecular weight excluding hydrogens is 176 g/mol. The SMILES string of the molecule is CN=C(NN)N(CCC(C)C)C1CC1. The first-order valence-electron chi connectivity index (χ1n) is 5.39. The Morgan fingerprint density at radius 2 is 2.21 bits per heavy atom. The van der Waals surface area contributed by atoms with Gasteiger partial charge in [-0.1, -0.05) is 13.8 Å². The molecule has 1 saturated carbocycles. The third kappa shape index (κ3) is 3.18. The van der Waals surface area contributed by atoms with E-state index in [4.69, 9.17) is 5.84 Å². The Balaban J connectivity index is 2.46. The van der Waals surface area contributed by atoms with E-state index in [0.717, 1.165) is 18.4 Å². The quantitative estimate of drug-likeness (QED) is 0.306. The molecule has 14 heavy (non-hydrogen) atoms.